The first kappa shape index (κ1) is 23.3. The summed E-state index contributed by atoms with van der Waals surface area (Å²) >= 11 is 0. The lowest BCUT2D eigenvalue weighted by atomic mass is 10.1. The summed E-state index contributed by atoms with van der Waals surface area (Å²) in [5.74, 6) is 0.216. The van der Waals surface area contributed by atoms with Crippen LogP contribution in [0, 0.1) is 0 Å². The maximum Gasteiger partial charge on any atom is 0.308 e. The van der Waals surface area contributed by atoms with E-state index in [0.29, 0.717) is 34.1 Å². The van der Waals surface area contributed by atoms with Crippen molar-refractivity contribution in [3.63, 3.8) is 0 Å². The molecule has 0 aliphatic heterocycles. The van der Waals surface area contributed by atoms with Crippen LogP contribution in [0.5, 0.6) is 17.2 Å². The number of amides is 2. The Bertz CT molecular complexity index is 1150. The van der Waals surface area contributed by atoms with E-state index in [1.807, 2.05) is 6.07 Å². The largest absolute Gasteiger partial charge is 0.497 e. The quantitative estimate of drug-likeness (QED) is 0.401. The second-order valence-corrected chi connectivity index (χ2v) is 7.06. The molecule has 0 fully saturated rings. The Morgan fingerprint density at radius 2 is 1.42 bits per heavy atom. The van der Waals surface area contributed by atoms with E-state index in [9.17, 15) is 14.4 Å². The second-order valence-electron chi connectivity index (χ2n) is 7.06. The number of ether oxygens (including phenoxy) is 3. The molecule has 2 N–H and O–H groups in total. The number of methoxy groups -OCH3 is 2. The van der Waals surface area contributed by atoms with Crippen LogP contribution >= 0.6 is 0 Å². The predicted molar refractivity (Wildman–Crippen MR) is 123 cm³/mol. The molecule has 3 aromatic carbocycles. The summed E-state index contributed by atoms with van der Waals surface area (Å²) in [6, 6.07) is 18.4. The first-order valence-corrected chi connectivity index (χ1v) is 10.1. The van der Waals surface area contributed by atoms with Crippen molar-refractivity contribution in [2.24, 2.45) is 0 Å². The van der Waals surface area contributed by atoms with Crippen molar-refractivity contribution in [2.75, 3.05) is 19.5 Å². The van der Waals surface area contributed by atoms with Crippen molar-refractivity contribution in [1.82, 2.24) is 5.32 Å². The third-order valence-corrected chi connectivity index (χ3v) is 4.61. The lowest BCUT2D eigenvalue weighted by Crippen LogP contribution is -2.23. The molecule has 0 heterocycles. The fourth-order valence-corrected chi connectivity index (χ4v) is 3.05. The van der Waals surface area contributed by atoms with Crippen LogP contribution in [0.25, 0.3) is 0 Å². The molecule has 0 saturated heterocycles. The fourth-order valence-electron chi connectivity index (χ4n) is 3.05. The third-order valence-electron chi connectivity index (χ3n) is 4.61. The molecular formula is C25H24N2O6. The Morgan fingerprint density at radius 3 is 2.09 bits per heavy atom. The molecule has 8 heteroatoms. The summed E-state index contributed by atoms with van der Waals surface area (Å²) in [7, 11) is 3.03. The van der Waals surface area contributed by atoms with Gasteiger partial charge in [-0.2, -0.15) is 0 Å². The molecule has 0 unspecified atom stereocenters. The molecule has 3 aromatic rings. The Kier molecular flexibility index (Phi) is 7.64. The summed E-state index contributed by atoms with van der Waals surface area (Å²) < 4.78 is 15.4. The van der Waals surface area contributed by atoms with E-state index < -0.39 is 5.97 Å². The number of esters is 1. The molecule has 0 saturated carbocycles. The van der Waals surface area contributed by atoms with E-state index in [1.54, 1.807) is 54.6 Å². The zero-order valence-electron chi connectivity index (χ0n) is 18.5. The number of carbonyl (C=O) groups excluding carboxylic acids is 3. The Morgan fingerprint density at radius 1 is 0.758 bits per heavy atom. The molecule has 8 nitrogen and oxygen atoms in total. The molecule has 0 aliphatic carbocycles. The van der Waals surface area contributed by atoms with E-state index in [1.165, 1.54) is 27.2 Å². The smallest absolute Gasteiger partial charge is 0.308 e. The minimum Gasteiger partial charge on any atom is -0.497 e. The summed E-state index contributed by atoms with van der Waals surface area (Å²) in [6.07, 6.45) is 0. The van der Waals surface area contributed by atoms with Gasteiger partial charge in [0, 0.05) is 36.3 Å². The summed E-state index contributed by atoms with van der Waals surface area (Å²) in [5, 5.41) is 5.65. The number of carbonyl (C=O) groups is 3. The molecule has 3 rings (SSSR count). The van der Waals surface area contributed by atoms with Crippen LogP contribution in [0.4, 0.5) is 5.69 Å². The van der Waals surface area contributed by atoms with Crippen molar-refractivity contribution < 1.29 is 28.6 Å². The minimum atomic E-state index is -0.459. The maximum absolute atomic E-state index is 12.7. The molecule has 0 atom stereocenters. The van der Waals surface area contributed by atoms with E-state index >= 15 is 0 Å². The van der Waals surface area contributed by atoms with E-state index in [-0.39, 0.29) is 18.4 Å². The normalized spacial score (nSPS) is 10.2. The van der Waals surface area contributed by atoms with Gasteiger partial charge in [0.05, 0.1) is 14.2 Å². The highest BCUT2D eigenvalue weighted by atomic mass is 16.5. The lowest BCUT2D eigenvalue weighted by Gasteiger charge is -2.11. The topological polar surface area (TPSA) is 103 Å². The average molecular weight is 448 g/mol. The lowest BCUT2D eigenvalue weighted by molar-refractivity contribution is -0.131. The SMILES string of the molecule is COc1cc(OC)cc(C(=O)Nc2cccc(CNC(=O)c3cccc(OC(C)=O)c3)c2)c1. The molecule has 170 valence electrons. The van der Waals surface area contributed by atoms with Crippen LogP contribution in [0.3, 0.4) is 0 Å². The standard InChI is InChI=1S/C25H24N2O6/c1-16(28)33-21-9-5-7-18(11-21)24(29)26-15-17-6-4-8-20(10-17)27-25(30)19-12-22(31-2)14-23(13-19)32-3/h4-14H,15H2,1-3H3,(H,26,29)(H,27,30). The number of hydrogen-bond donors (Lipinski definition) is 2. The molecule has 33 heavy (non-hydrogen) atoms. The van der Waals surface area contributed by atoms with Gasteiger partial charge >= 0.3 is 5.97 Å². The monoisotopic (exact) mass is 448 g/mol. The zero-order valence-corrected chi connectivity index (χ0v) is 18.5. The minimum absolute atomic E-state index is 0.243. The number of rotatable bonds is 8. The van der Waals surface area contributed by atoms with Crippen molar-refractivity contribution in [3.8, 4) is 17.2 Å². The van der Waals surface area contributed by atoms with Gasteiger partial charge in [0.2, 0.25) is 0 Å². The van der Waals surface area contributed by atoms with Crippen molar-refractivity contribution >= 4 is 23.5 Å². The fraction of sp³-hybridized carbons (Fsp3) is 0.160. The highest BCUT2D eigenvalue weighted by Gasteiger charge is 2.11. The molecular weight excluding hydrogens is 424 g/mol. The number of hydrogen-bond acceptors (Lipinski definition) is 6. The number of nitrogens with one attached hydrogen (secondary N) is 2. The maximum atomic E-state index is 12.7. The highest BCUT2D eigenvalue weighted by molar-refractivity contribution is 6.04. The van der Waals surface area contributed by atoms with Gasteiger partial charge in [0.1, 0.15) is 17.2 Å². The zero-order chi connectivity index (χ0) is 23.8. The van der Waals surface area contributed by atoms with Gasteiger partial charge in [-0.25, -0.2) is 0 Å². The Balaban J connectivity index is 1.65. The van der Waals surface area contributed by atoms with Crippen LogP contribution in [0.15, 0.2) is 66.7 Å². The number of anilines is 1. The van der Waals surface area contributed by atoms with E-state index in [2.05, 4.69) is 10.6 Å². The first-order valence-electron chi connectivity index (χ1n) is 10.1. The van der Waals surface area contributed by atoms with Gasteiger partial charge in [-0.15, -0.1) is 0 Å². The Labute approximate surface area is 191 Å². The van der Waals surface area contributed by atoms with Crippen molar-refractivity contribution in [2.45, 2.75) is 13.5 Å². The molecule has 0 aromatic heterocycles. The molecule has 0 aliphatic rings. The van der Waals surface area contributed by atoms with Crippen LogP contribution in [-0.4, -0.2) is 32.0 Å². The van der Waals surface area contributed by atoms with Gasteiger partial charge < -0.3 is 24.8 Å². The second kappa shape index (κ2) is 10.8. The van der Waals surface area contributed by atoms with Gasteiger partial charge in [0.15, 0.2) is 0 Å². The summed E-state index contributed by atoms with van der Waals surface area (Å²) in [4.78, 5) is 36.3. The van der Waals surface area contributed by atoms with Gasteiger partial charge in [-0.3, -0.25) is 14.4 Å². The van der Waals surface area contributed by atoms with Gasteiger partial charge in [-0.1, -0.05) is 18.2 Å². The van der Waals surface area contributed by atoms with Gasteiger partial charge in [0.25, 0.3) is 11.8 Å². The van der Waals surface area contributed by atoms with Crippen LogP contribution in [0.2, 0.25) is 0 Å². The van der Waals surface area contributed by atoms with E-state index in [0.717, 1.165) is 5.56 Å². The molecule has 2 amide bonds. The average Bonchev–Trinajstić information content (AvgIpc) is 2.82. The van der Waals surface area contributed by atoms with Crippen LogP contribution in [-0.2, 0) is 11.3 Å². The molecule has 0 spiro atoms. The van der Waals surface area contributed by atoms with Crippen LogP contribution in [0.1, 0.15) is 33.2 Å². The molecule has 0 bridgehead atoms. The van der Waals surface area contributed by atoms with Crippen molar-refractivity contribution in [1.29, 1.82) is 0 Å². The molecule has 0 radical (unpaired) electrons. The van der Waals surface area contributed by atoms with Crippen molar-refractivity contribution in [3.05, 3.63) is 83.4 Å². The Hall–Kier alpha value is -4.33. The number of benzene rings is 3. The predicted octanol–water partition coefficient (Wildman–Crippen LogP) is 3.81. The first-order chi connectivity index (χ1) is 15.9. The van der Waals surface area contributed by atoms with Crippen LogP contribution < -0.4 is 24.8 Å². The van der Waals surface area contributed by atoms with E-state index in [4.69, 9.17) is 14.2 Å². The summed E-state index contributed by atoms with van der Waals surface area (Å²) in [6.45, 7) is 1.54. The third kappa shape index (κ3) is 6.57. The summed E-state index contributed by atoms with van der Waals surface area (Å²) in [5.41, 5.74) is 2.12. The van der Waals surface area contributed by atoms with Gasteiger partial charge in [-0.05, 0) is 48.0 Å². The highest BCUT2D eigenvalue weighted by Crippen LogP contribution is 2.23.